The van der Waals surface area contributed by atoms with Crippen molar-refractivity contribution in [1.82, 2.24) is 4.90 Å². The molecule has 0 unspecified atom stereocenters. The van der Waals surface area contributed by atoms with Crippen LogP contribution in [0.3, 0.4) is 0 Å². The van der Waals surface area contributed by atoms with E-state index in [4.69, 9.17) is 4.74 Å². The fourth-order valence-corrected chi connectivity index (χ4v) is 1.53. The van der Waals surface area contributed by atoms with E-state index in [1.54, 1.807) is 7.11 Å². The predicted octanol–water partition coefficient (Wildman–Crippen LogP) is 2.18. The van der Waals surface area contributed by atoms with Gasteiger partial charge in [-0.25, -0.2) is 0 Å². The number of carbonyl (C=O) groups excluding carboxylic acids is 1. The fourth-order valence-electron chi connectivity index (χ4n) is 1.53. The summed E-state index contributed by atoms with van der Waals surface area (Å²) >= 11 is 0. The first-order valence-electron chi connectivity index (χ1n) is 5.51. The number of hydrogen-bond acceptors (Lipinski definition) is 2. The summed E-state index contributed by atoms with van der Waals surface area (Å²) < 4.78 is 5.01. The van der Waals surface area contributed by atoms with Crippen LogP contribution in [0.15, 0.2) is 30.3 Å². The number of hydrogen-bond donors (Lipinski definition) is 0. The second kappa shape index (κ2) is 6.28. The highest BCUT2D eigenvalue weighted by Crippen LogP contribution is 2.07. The Morgan fingerprint density at radius 2 is 1.94 bits per heavy atom. The van der Waals surface area contributed by atoms with Crippen molar-refractivity contribution < 1.29 is 9.53 Å². The topological polar surface area (TPSA) is 29.5 Å². The zero-order valence-electron chi connectivity index (χ0n) is 10.1. The molecule has 3 heteroatoms. The molecule has 0 aliphatic carbocycles. The standard InChI is InChI=1S/C13H19NO2/c1-11(2)14(9-10-16-3)13(15)12-7-5-4-6-8-12/h4-8,11H,9-10H2,1-3H3. The SMILES string of the molecule is COCCN(C(=O)c1ccccc1)C(C)C. The molecule has 0 aliphatic rings. The van der Waals surface area contributed by atoms with Crippen LogP contribution in [0.5, 0.6) is 0 Å². The van der Waals surface area contributed by atoms with Crippen LogP contribution >= 0.6 is 0 Å². The van der Waals surface area contributed by atoms with Crippen LogP contribution in [-0.4, -0.2) is 37.1 Å². The first-order chi connectivity index (χ1) is 7.66. The van der Waals surface area contributed by atoms with Crippen molar-refractivity contribution in [2.75, 3.05) is 20.3 Å². The molecule has 0 saturated carbocycles. The van der Waals surface area contributed by atoms with E-state index in [2.05, 4.69) is 0 Å². The van der Waals surface area contributed by atoms with E-state index < -0.39 is 0 Å². The zero-order chi connectivity index (χ0) is 12.0. The molecule has 0 spiro atoms. The van der Waals surface area contributed by atoms with Gasteiger partial charge in [-0.1, -0.05) is 18.2 Å². The molecule has 0 fully saturated rings. The van der Waals surface area contributed by atoms with Crippen molar-refractivity contribution in [2.45, 2.75) is 19.9 Å². The van der Waals surface area contributed by atoms with Crippen LogP contribution in [0.1, 0.15) is 24.2 Å². The average molecular weight is 221 g/mol. The molecular weight excluding hydrogens is 202 g/mol. The molecule has 0 N–H and O–H groups in total. The van der Waals surface area contributed by atoms with Crippen LogP contribution in [0, 0.1) is 0 Å². The quantitative estimate of drug-likeness (QED) is 0.762. The summed E-state index contributed by atoms with van der Waals surface area (Å²) in [6, 6.07) is 9.52. The number of ether oxygens (including phenoxy) is 1. The third-order valence-corrected chi connectivity index (χ3v) is 2.44. The first-order valence-corrected chi connectivity index (χ1v) is 5.51. The Morgan fingerprint density at radius 1 is 1.31 bits per heavy atom. The zero-order valence-corrected chi connectivity index (χ0v) is 10.1. The first kappa shape index (κ1) is 12.7. The Balaban J connectivity index is 2.75. The molecule has 0 saturated heterocycles. The molecule has 88 valence electrons. The predicted molar refractivity (Wildman–Crippen MR) is 64.5 cm³/mol. The summed E-state index contributed by atoms with van der Waals surface area (Å²) in [5.41, 5.74) is 0.729. The van der Waals surface area contributed by atoms with Gasteiger partial charge in [0.05, 0.1) is 6.61 Å². The van der Waals surface area contributed by atoms with Gasteiger partial charge in [0.2, 0.25) is 0 Å². The lowest BCUT2D eigenvalue weighted by molar-refractivity contribution is 0.0635. The second-order valence-corrected chi connectivity index (χ2v) is 3.95. The Hall–Kier alpha value is -1.35. The molecule has 1 aromatic rings. The van der Waals surface area contributed by atoms with E-state index in [9.17, 15) is 4.79 Å². The van der Waals surface area contributed by atoms with Gasteiger partial charge in [0.15, 0.2) is 0 Å². The van der Waals surface area contributed by atoms with Gasteiger partial charge in [-0.15, -0.1) is 0 Å². The summed E-state index contributed by atoms with van der Waals surface area (Å²) in [5, 5.41) is 0. The molecule has 16 heavy (non-hydrogen) atoms. The minimum absolute atomic E-state index is 0.0626. The van der Waals surface area contributed by atoms with E-state index >= 15 is 0 Å². The van der Waals surface area contributed by atoms with Gasteiger partial charge in [-0.05, 0) is 26.0 Å². The Labute approximate surface area is 97.0 Å². The Morgan fingerprint density at radius 3 is 2.44 bits per heavy atom. The lowest BCUT2D eigenvalue weighted by atomic mass is 10.2. The van der Waals surface area contributed by atoms with Gasteiger partial charge in [0.1, 0.15) is 0 Å². The third-order valence-electron chi connectivity index (χ3n) is 2.44. The summed E-state index contributed by atoms with van der Waals surface area (Å²) in [6.45, 7) is 5.21. The normalized spacial score (nSPS) is 10.5. The fraction of sp³-hybridized carbons (Fsp3) is 0.462. The highest BCUT2D eigenvalue weighted by atomic mass is 16.5. The Kier molecular flexibility index (Phi) is 4.99. The molecule has 0 aromatic heterocycles. The number of amides is 1. The van der Waals surface area contributed by atoms with Gasteiger partial charge in [-0.2, -0.15) is 0 Å². The molecule has 3 nitrogen and oxygen atoms in total. The van der Waals surface area contributed by atoms with Crippen molar-refractivity contribution in [1.29, 1.82) is 0 Å². The van der Waals surface area contributed by atoms with E-state index in [-0.39, 0.29) is 11.9 Å². The van der Waals surface area contributed by atoms with Crippen molar-refractivity contribution in [3.8, 4) is 0 Å². The van der Waals surface area contributed by atoms with Gasteiger partial charge in [0, 0.05) is 25.3 Å². The number of rotatable bonds is 5. The van der Waals surface area contributed by atoms with Crippen molar-refractivity contribution in [3.63, 3.8) is 0 Å². The van der Waals surface area contributed by atoms with Crippen molar-refractivity contribution in [3.05, 3.63) is 35.9 Å². The lowest BCUT2D eigenvalue weighted by Gasteiger charge is -2.26. The molecule has 1 amide bonds. The molecule has 0 radical (unpaired) electrons. The summed E-state index contributed by atoms with van der Waals surface area (Å²) in [6.07, 6.45) is 0. The highest BCUT2D eigenvalue weighted by molar-refractivity contribution is 5.94. The molecule has 0 atom stereocenters. The number of methoxy groups -OCH3 is 1. The maximum atomic E-state index is 12.2. The maximum absolute atomic E-state index is 12.2. The van der Waals surface area contributed by atoms with Crippen LogP contribution in [0.4, 0.5) is 0 Å². The minimum atomic E-state index is 0.0626. The average Bonchev–Trinajstić information content (AvgIpc) is 2.30. The van der Waals surface area contributed by atoms with Crippen LogP contribution in [-0.2, 0) is 4.74 Å². The largest absolute Gasteiger partial charge is 0.383 e. The number of benzene rings is 1. The lowest BCUT2D eigenvalue weighted by Crippen LogP contribution is -2.39. The Bertz CT molecular complexity index is 322. The van der Waals surface area contributed by atoms with E-state index in [1.165, 1.54) is 0 Å². The highest BCUT2D eigenvalue weighted by Gasteiger charge is 2.17. The molecule has 1 aromatic carbocycles. The van der Waals surface area contributed by atoms with Crippen LogP contribution in [0.2, 0.25) is 0 Å². The van der Waals surface area contributed by atoms with E-state index in [1.807, 2.05) is 49.1 Å². The number of carbonyl (C=O) groups is 1. The van der Waals surface area contributed by atoms with Crippen molar-refractivity contribution >= 4 is 5.91 Å². The molecule has 0 heterocycles. The van der Waals surface area contributed by atoms with Gasteiger partial charge >= 0.3 is 0 Å². The number of nitrogens with zero attached hydrogens (tertiary/aromatic N) is 1. The molecular formula is C13H19NO2. The molecule has 0 aliphatic heterocycles. The molecule has 1 rings (SSSR count). The molecule has 0 bridgehead atoms. The van der Waals surface area contributed by atoms with E-state index in [0.717, 1.165) is 5.56 Å². The van der Waals surface area contributed by atoms with Gasteiger partial charge < -0.3 is 9.64 Å². The van der Waals surface area contributed by atoms with E-state index in [0.29, 0.717) is 13.2 Å². The summed E-state index contributed by atoms with van der Waals surface area (Å²) in [7, 11) is 1.64. The van der Waals surface area contributed by atoms with Crippen LogP contribution in [0.25, 0.3) is 0 Å². The summed E-state index contributed by atoms with van der Waals surface area (Å²) in [4.78, 5) is 14.0. The van der Waals surface area contributed by atoms with Crippen molar-refractivity contribution in [2.24, 2.45) is 0 Å². The second-order valence-electron chi connectivity index (χ2n) is 3.95. The summed E-state index contributed by atoms with van der Waals surface area (Å²) in [5.74, 6) is 0.0626. The van der Waals surface area contributed by atoms with Gasteiger partial charge in [-0.3, -0.25) is 4.79 Å². The monoisotopic (exact) mass is 221 g/mol. The minimum Gasteiger partial charge on any atom is -0.383 e. The third kappa shape index (κ3) is 3.35. The maximum Gasteiger partial charge on any atom is 0.254 e. The smallest absolute Gasteiger partial charge is 0.254 e. The van der Waals surface area contributed by atoms with Gasteiger partial charge in [0.25, 0.3) is 5.91 Å². The van der Waals surface area contributed by atoms with Crippen LogP contribution < -0.4 is 0 Å².